The average molecular weight is 261 g/mol. The van der Waals surface area contributed by atoms with E-state index in [9.17, 15) is 9.18 Å². The maximum absolute atomic E-state index is 13.2. The van der Waals surface area contributed by atoms with Gasteiger partial charge in [0.25, 0.3) is 0 Å². The van der Waals surface area contributed by atoms with Crippen molar-refractivity contribution in [1.29, 1.82) is 0 Å². The first-order chi connectivity index (χ1) is 9.13. The van der Waals surface area contributed by atoms with Gasteiger partial charge in [-0.3, -0.25) is 4.79 Å². The van der Waals surface area contributed by atoms with E-state index in [-0.39, 0.29) is 17.6 Å². The second-order valence-electron chi connectivity index (χ2n) is 4.57. The minimum atomic E-state index is -0.359. The van der Waals surface area contributed by atoms with Gasteiger partial charge in [0, 0.05) is 18.7 Å². The van der Waals surface area contributed by atoms with Crippen molar-refractivity contribution >= 4 is 11.6 Å². The van der Waals surface area contributed by atoms with Gasteiger partial charge in [-0.2, -0.15) is 4.98 Å². The van der Waals surface area contributed by atoms with Crippen LogP contribution >= 0.6 is 0 Å². The molecule has 19 heavy (non-hydrogen) atoms. The first kappa shape index (κ1) is 11.8. The standard InChI is InChI=1S/C13H12FN3O2/c1-8-15-13(19-16-8)9-5-12(18)17(7-9)11-4-2-3-10(14)6-11/h2-4,6,9H,5,7H2,1H3. The Balaban J connectivity index is 1.84. The Labute approximate surface area is 109 Å². The number of carbonyl (C=O) groups excluding carboxylic acids is 1. The van der Waals surface area contributed by atoms with Crippen molar-refractivity contribution in [2.45, 2.75) is 19.3 Å². The lowest BCUT2D eigenvalue weighted by Crippen LogP contribution is -2.24. The number of halogens is 1. The summed E-state index contributed by atoms with van der Waals surface area (Å²) in [4.78, 5) is 17.7. The predicted octanol–water partition coefficient (Wildman–Crippen LogP) is 2.04. The molecule has 0 radical (unpaired) electrons. The molecule has 5 nitrogen and oxygen atoms in total. The van der Waals surface area contributed by atoms with Crippen LogP contribution in [-0.2, 0) is 4.79 Å². The first-order valence-electron chi connectivity index (χ1n) is 5.99. The van der Waals surface area contributed by atoms with Crippen LogP contribution in [0.25, 0.3) is 0 Å². The van der Waals surface area contributed by atoms with Gasteiger partial charge in [0.05, 0.1) is 5.92 Å². The molecule has 6 heteroatoms. The molecule has 0 aliphatic carbocycles. The molecule has 0 saturated carbocycles. The van der Waals surface area contributed by atoms with Crippen molar-refractivity contribution < 1.29 is 13.7 Å². The smallest absolute Gasteiger partial charge is 0.232 e. The van der Waals surface area contributed by atoms with E-state index >= 15 is 0 Å². The van der Waals surface area contributed by atoms with Crippen LogP contribution in [0.3, 0.4) is 0 Å². The number of amides is 1. The maximum Gasteiger partial charge on any atom is 0.232 e. The molecule has 1 atom stereocenters. The summed E-state index contributed by atoms with van der Waals surface area (Å²) in [5, 5.41) is 3.72. The van der Waals surface area contributed by atoms with Crippen LogP contribution in [-0.4, -0.2) is 22.6 Å². The van der Waals surface area contributed by atoms with Crippen LogP contribution in [0.15, 0.2) is 28.8 Å². The third-order valence-corrected chi connectivity index (χ3v) is 3.14. The average Bonchev–Trinajstić information content (AvgIpc) is 2.95. The highest BCUT2D eigenvalue weighted by Crippen LogP contribution is 2.31. The molecule has 1 aliphatic heterocycles. The number of aromatic nitrogens is 2. The third-order valence-electron chi connectivity index (χ3n) is 3.14. The zero-order valence-electron chi connectivity index (χ0n) is 10.3. The number of anilines is 1. The Morgan fingerprint density at radius 2 is 2.32 bits per heavy atom. The SMILES string of the molecule is Cc1noc(C2CC(=O)N(c3cccc(F)c3)C2)n1. The topological polar surface area (TPSA) is 59.2 Å². The van der Waals surface area contributed by atoms with Crippen molar-refractivity contribution in [2.75, 3.05) is 11.4 Å². The normalized spacial score (nSPS) is 19.2. The fourth-order valence-electron chi connectivity index (χ4n) is 2.25. The highest BCUT2D eigenvalue weighted by molar-refractivity contribution is 5.96. The number of nitrogens with zero attached hydrogens (tertiary/aromatic N) is 3. The van der Waals surface area contributed by atoms with E-state index in [0.29, 0.717) is 30.4 Å². The van der Waals surface area contributed by atoms with E-state index in [4.69, 9.17) is 4.52 Å². The van der Waals surface area contributed by atoms with Crippen molar-refractivity contribution in [2.24, 2.45) is 0 Å². The van der Waals surface area contributed by atoms with Crippen LogP contribution in [0.5, 0.6) is 0 Å². The highest BCUT2D eigenvalue weighted by atomic mass is 19.1. The molecule has 1 aromatic carbocycles. The van der Waals surface area contributed by atoms with E-state index in [2.05, 4.69) is 10.1 Å². The molecule has 1 fully saturated rings. The van der Waals surface area contributed by atoms with Gasteiger partial charge in [-0.15, -0.1) is 0 Å². The van der Waals surface area contributed by atoms with Crippen LogP contribution in [0.2, 0.25) is 0 Å². The summed E-state index contributed by atoms with van der Waals surface area (Å²) in [6.45, 7) is 2.16. The minimum Gasteiger partial charge on any atom is -0.339 e. The monoisotopic (exact) mass is 261 g/mol. The molecular formula is C13H12FN3O2. The Hall–Kier alpha value is -2.24. The third kappa shape index (κ3) is 2.21. The number of benzene rings is 1. The van der Waals surface area contributed by atoms with Gasteiger partial charge >= 0.3 is 0 Å². The molecule has 3 rings (SSSR count). The number of carbonyl (C=O) groups is 1. The summed E-state index contributed by atoms with van der Waals surface area (Å²) in [6.07, 6.45) is 0.304. The first-order valence-corrected chi connectivity index (χ1v) is 5.99. The molecule has 0 N–H and O–H groups in total. The Bertz CT molecular complexity index is 626. The Morgan fingerprint density at radius 3 is 3.00 bits per heavy atom. The van der Waals surface area contributed by atoms with Gasteiger partial charge in [-0.1, -0.05) is 11.2 Å². The second-order valence-corrected chi connectivity index (χ2v) is 4.57. The number of aryl methyl sites for hydroxylation is 1. The van der Waals surface area contributed by atoms with Crippen LogP contribution in [0.1, 0.15) is 24.1 Å². The quantitative estimate of drug-likeness (QED) is 0.830. The van der Waals surface area contributed by atoms with Crippen LogP contribution in [0.4, 0.5) is 10.1 Å². The number of hydrogen-bond acceptors (Lipinski definition) is 4. The lowest BCUT2D eigenvalue weighted by Gasteiger charge is -2.15. The summed E-state index contributed by atoms with van der Waals surface area (Å²) >= 11 is 0. The van der Waals surface area contributed by atoms with E-state index in [0.717, 1.165) is 0 Å². The van der Waals surface area contributed by atoms with E-state index < -0.39 is 0 Å². The van der Waals surface area contributed by atoms with E-state index in [1.165, 1.54) is 12.1 Å². The van der Waals surface area contributed by atoms with Crippen molar-refractivity contribution in [3.05, 3.63) is 41.8 Å². The van der Waals surface area contributed by atoms with Gasteiger partial charge in [-0.05, 0) is 25.1 Å². The lowest BCUT2D eigenvalue weighted by atomic mass is 10.1. The Morgan fingerprint density at radius 1 is 1.47 bits per heavy atom. The summed E-state index contributed by atoms with van der Waals surface area (Å²) < 4.78 is 18.3. The molecule has 2 aromatic rings. The van der Waals surface area contributed by atoms with Gasteiger partial charge < -0.3 is 9.42 Å². The summed E-state index contributed by atoms with van der Waals surface area (Å²) in [6, 6.07) is 5.99. The minimum absolute atomic E-state index is 0.0635. The molecule has 1 aliphatic rings. The number of rotatable bonds is 2. The molecular weight excluding hydrogens is 249 g/mol. The van der Waals surface area contributed by atoms with Crippen LogP contribution < -0.4 is 4.90 Å². The fourth-order valence-corrected chi connectivity index (χ4v) is 2.25. The molecule has 98 valence electrons. The van der Waals surface area contributed by atoms with Gasteiger partial charge in [0.15, 0.2) is 5.82 Å². The second kappa shape index (κ2) is 4.46. The zero-order chi connectivity index (χ0) is 13.4. The predicted molar refractivity (Wildman–Crippen MR) is 65.1 cm³/mol. The maximum atomic E-state index is 13.2. The van der Waals surface area contributed by atoms with Gasteiger partial charge in [0.2, 0.25) is 11.8 Å². The number of hydrogen-bond donors (Lipinski definition) is 0. The molecule has 1 saturated heterocycles. The van der Waals surface area contributed by atoms with Gasteiger partial charge in [0.1, 0.15) is 5.82 Å². The Kier molecular flexibility index (Phi) is 2.77. The van der Waals surface area contributed by atoms with Crippen molar-refractivity contribution in [1.82, 2.24) is 10.1 Å². The highest BCUT2D eigenvalue weighted by Gasteiger charge is 2.34. The molecule has 0 bridgehead atoms. The zero-order valence-corrected chi connectivity index (χ0v) is 10.3. The van der Waals surface area contributed by atoms with E-state index in [1.54, 1.807) is 24.0 Å². The summed E-state index contributed by atoms with van der Waals surface area (Å²) in [7, 11) is 0. The van der Waals surface area contributed by atoms with Crippen molar-refractivity contribution in [3.63, 3.8) is 0 Å². The van der Waals surface area contributed by atoms with Crippen molar-refractivity contribution in [3.8, 4) is 0 Å². The molecule has 2 heterocycles. The summed E-state index contributed by atoms with van der Waals surface area (Å²) in [5.74, 6) is 0.460. The molecule has 0 spiro atoms. The van der Waals surface area contributed by atoms with Crippen LogP contribution in [0, 0.1) is 12.7 Å². The molecule has 1 unspecified atom stereocenters. The van der Waals surface area contributed by atoms with E-state index in [1.807, 2.05) is 0 Å². The van der Waals surface area contributed by atoms with Gasteiger partial charge in [-0.25, -0.2) is 4.39 Å². The summed E-state index contributed by atoms with van der Waals surface area (Å²) in [5.41, 5.74) is 0.559. The molecule has 1 amide bonds. The molecule has 1 aromatic heterocycles. The largest absolute Gasteiger partial charge is 0.339 e. The fraction of sp³-hybridized carbons (Fsp3) is 0.308. The lowest BCUT2D eigenvalue weighted by molar-refractivity contribution is -0.117.